The Labute approximate surface area is 308 Å². The van der Waals surface area contributed by atoms with Gasteiger partial charge in [-0.1, -0.05) is 127 Å². The summed E-state index contributed by atoms with van der Waals surface area (Å²) in [5.41, 5.74) is 12.5. The number of rotatable bonds is 9. The van der Waals surface area contributed by atoms with Crippen molar-refractivity contribution in [2.24, 2.45) is 7.05 Å². The van der Waals surface area contributed by atoms with E-state index in [9.17, 15) is 0 Å². The Morgan fingerprint density at radius 1 is 0.812 bits per heavy atom. The Balaban J connectivity index is 0.00000170. The van der Waals surface area contributed by atoms with Crippen molar-refractivity contribution in [1.29, 1.82) is 0 Å². The SMILES string of the molecule is CC(C)c1cccc(C(C)C)c1[N-]C(c1c(C(C)C)cccc1C(C)C)c1nc([N+]2=C3CC=CC=C3c3ccc[c-]c32)cn1C.[CH2-]C.[Hf]. The number of hydrogen-bond acceptors (Lipinski definition) is 1. The average Bonchev–Trinajstić information content (AvgIpc) is 3.61. The standard InChI is InChI=1S/C41H47N4.C2H5.Hf/c1-25(2)29-18-14-19-30(26(3)4)38(29)40(43-39-31(27(5)6)20-15-21-32(39)28(7)8)41-42-37(24-44(41)9)45-35-22-12-10-16-33(35)34-17-11-13-23-36(34)45;1-2;/h10-21,24-28,40H,22H2,1-9H3;1H2,2H3;/q2*-1;. The molecule has 2 aliphatic rings. The van der Waals surface area contributed by atoms with E-state index in [0.717, 1.165) is 29.4 Å². The Morgan fingerprint density at radius 3 is 1.94 bits per heavy atom. The molecule has 0 fully saturated rings. The molecule has 5 heteroatoms. The smallest absolute Gasteiger partial charge is 0.345 e. The monoisotopic (exact) mass is 804 g/mol. The molecule has 0 bridgehead atoms. The quantitative estimate of drug-likeness (QED) is 0.0943. The summed E-state index contributed by atoms with van der Waals surface area (Å²) in [4.78, 5) is 5.51. The third kappa shape index (κ3) is 7.04. The zero-order valence-electron chi connectivity index (χ0n) is 30.6. The largest absolute Gasteiger partial charge is 0.670 e. The van der Waals surface area contributed by atoms with Crippen LogP contribution in [-0.2, 0) is 32.9 Å². The maximum atomic E-state index is 5.82. The van der Waals surface area contributed by atoms with Gasteiger partial charge in [-0.3, -0.25) is 0 Å². The van der Waals surface area contributed by atoms with Crippen molar-refractivity contribution in [2.45, 2.75) is 98.4 Å². The second-order valence-electron chi connectivity index (χ2n) is 13.8. The molecule has 48 heavy (non-hydrogen) atoms. The molecule has 0 saturated carbocycles. The third-order valence-electron chi connectivity index (χ3n) is 9.30. The van der Waals surface area contributed by atoms with Crippen molar-refractivity contribution in [3.63, 3.8) is 0 Å². The molecule has 1 aromatic heterocycles. The first-order chi connectivity index (χ1) is 22.6. The van der Waals surface area contributed by atoms with E-state index in [0.29, 0.717) is 23.7 Å². The van der Waals surface area contributed by atoms with Crippen molar-refractivity contribution in [3.8, 4) is 0 Å². The first-order valence-corrected chi connectivity index (χ1v) is 17.3. The number of imidazole rings is 1. The fourth-order valence-corrected chi connectivity index (χ4v) is 7.02. The molecule has 4 nitrogen and oxygen atoms in total. The van der Waals surface area contributed by atoms with E-state index in [1.807, 2.05) is 6.07 Å². The van der Waals surface area contributed by atoms with Crippen molar-refractivity contribution in [1.82, 2.24) is 14.1 Å². The van der Waals surface area contributed by atoms with Gasteiger partial charge in [-0.05, 0) is 57.0 Å². The molecule has 1 aliphatic heterocycles. The molecule has 250 valence electrons. The molecule has 3 aromatic carbocycles. The number of aromatic nitrogens is 2. The van der Waals surface area contributed by atoms with Crippen LogP contribution < -0.4 is 4.58 Å². The van der Waals surface area contributed by atoms with E-state index in [1.165, 1.54) is 44.7 Å². The molecule has 4 aromatic rings. The summed E-state index contributed by atoms with van der Waals surface area (Å²) < 4.78 is 4.52. The molecular formula is C43H52HfN4-2. The van der Waals surface area contributed by atoms with E-state index in [1.54, 1.807) is 6.92 Å². The minimum Gasteiger partial charge on any atom is -0.670 e. The van der Waals surface area contributed by atoms with Gasteiger partial charge < -0.3 is 16.8 Å². The van der Waals surface area contributed by atoms with Gasteiger partial charge >= 0.3 is 5.82 Å². The van der Waals surface area contributed by atoms with Gasteiger partial charge in [0.15, 0.2) is 0 Å². The molecule has 2 heterocycles. The molecule has 0 saturated heterocycles. The van der Waals surface area contributed by atoms with Crippen molar-refractivity contribution in [3.05, 3.63) is 137 Å². The van der Waals surface area contributed by atoms with Gasteiger partial charge in [-0.15, -0.1) is 11.8 Å². The van der Waals surface area contributed by atoms with Gasteiger partial charge in [0.05, 0.1) is 0 Å². The summed E-state index contributed by atoms with van der Waals surface area (Å²) in [6.45, 7) is 23.3. The predicted octanol–water partition coefficient (Wildman–Crippen LogP) is 12.0. The van der Waals surface area contributed by atoms with E-state index < -0.39 is 0 Å². The molecule has 0 amide bonds. The summed E-state index contributed by atoms with van der Waals surface area (Å²) in [6.07, 6.45) is 9.65. The zero-order valence-corrected chi connectivity index (χ0v) is 34.2. The van der Waals surface area contributed by atoms with Crippen molar-refractivity contribution in [2.75, 3.05) is 0 Å². The van der Waals surface area contributed by atoms with E-state index >= 15 is 0 Å². The van der Waals surface area contributed by atoms with Gasteiger partial charge in [-0.2, -0.15) is 25.1 Å². The molecule has 1 aliphatic carbocycles. The fraction of sp³-hybridized carbons (Fsp3) is 0.372. The first kappa shape index (κ1) is 37.5. The van der Waals surface area contributed by atoms with Crippen LogP contribution >= 0.6 is 0 Å². The summed E-state index contributed by atoms with van der Waals surface area (Å²) in [7, 11) is 2.13. The van der Waals surface area contributed by atoms with Crippen LogP contribution in [0, 0.1) is 13.0 Å². The Kier molecular flexibility index (Phi) is 12.5. The van der Waals surface area contributed by atoms with Crippen LogP contribution in [0.4, 0.5) is 17.2 Å². The molecule has 6 rings (SSSR count). The van der Waals surface area contributed by atoms with Crippen molar-refractivity contribution < 1.29 is 25.8 Å². The second kappa shape index (κ2) is 15.9. The Bertz CT molecular complexity index is 1780. The second-order valence-corrected chi connectivity index (χ2v) is 13.8. The molecule has 1 atom stereocenters. The van der Waals surface area contributed by atoms with Crippen molar-refractivity contribution >= 4 is 28.5 Å². The molecule has 0 radical (unpaired) electrons. The van der Waals surface area contributed by atoms with E-state index in [4.69, 9.17) is 10.3 Å². The molecule has 1 unspecified atom stereocenters. The van der Waals surface area contributed by atoms with Gasteiger partial charge in [0, 0.05) is 45.0 Å². The van der Waals surface area contributed by atoms with Crippen LogP contribution in [0.3, 0.4) is 0 Å². The van der Waals surface area contributed by atoms with Crippen LogP contribution in [0.2, 0.25) is 0 Å². The third-order valence-corrected chi connectivity index (χ3v) is 9.30. The summed E-state index contributed by atoms with van der Waals surface area (Å²) in [5.74, 6) is 3.26. The number of para-hydroxylation sites is 2. The summed E-state index contributed by atoms with van der Waals surface area (Å²) >= 11 is 0. The minimum absolute atomic E-state index is 0. The number of nitrogens with zero attached hydrogens (tertiary/aromatic N) is 4. The van der Waals surface area contributed by atoms with Gasteiger partial charge in [0.2, 0.25) is 5.82 Å². The number of aryl methyl sites for hydroxylation is 1. The maximum Gasteiger partial charge on any atom is 0.345 e. The molecule has 0 N–H and O–H groups in total. The number of allylic oxidation sites excluding steroid dienone is 4. The number of benzene rings is 3. The van der Waals surface area contributed by atoms with Gasteiger partial charge in [0.25, 0.3) is 0 Å². The van der Waals surface area contributed by atoms with Gasteiger partial charge in [0.1, 0.15) is 11.9 Å². The van der Waals surface area contributed by atoms with Gasteiger partial charge in [-0.25, -0.2) is 4.58 Å². The Hall–Kier alpha value is -3.31. The average molecular weight is 803 g/mol. The minimum atomic E-state index is -0.273. The topological polar surface area (TPSA) is 34.9 Å². The predicted molar refractivity (Wildman–Crippen MR) is 202 cm³/mol. The van der Waals surface area contributed by atoms with E-state index in [2.05, 4.69) is 158 Å². The number of hydrogen-bond donors (Lipinski definition) is 0. The first-order valence-electron chi connectivity index (χ1n) is 17.3. The summed E-state index contributed by atoms with van der Waals surface area (Å²) in [5, 5.41) is 5.82. The summed E-state index contributed by atoms with van der Waals surface area (Å²) in [6, 6.07) is 23.1. The van der Waals surface area contributed by atoms with Crippen LogP contribution in [-0.4, -0.2) is 15.3 Å². The molecular weight excluding hydrogens is 751 g/mol. The zero-order chi connectivity index (χ0) is 34.0. The Morgan fingerprint density at radius 2 is 1.38 bits per heavy atom. The molecule has 0 spiro atoms. The van der Waals surface area contributed by atoms with E-state index in [-0.39, 0.29) is 31.9 Å². The number of fused-ring (bicyclic) bond motifs is 3. The fourth-order valence-electron chi connectivity index (χ4n) is 7.02. The van der Waals surface area contributed by atoms with Crippen LogP contribution in [0.15, 0.2) is 79.0 Å². The van der Waals surface area contributed by atoms with Crippen LogP contribution in [0.1, 0.15) is 138 Å². The van der Waals surface area contributed by atoms with Crippen LogP contribution in [0.25, 0.3) is 10.9 Å². The van der Waals surface area contributed by atoms with Crippen LogP contribution in [0.5, 0.6) is 0 Å². The maximum absolute atomic E-state index is 5.82. The normalized spacial score (nSPS) is 14.1.